The highest BCUT2D eigenvalue weighted by Crippen LogP contribution is 2.17. The lowest BCUT2D eigenvalue weighted by Gasteiger charge is -2.32. The fourth-order valence-electron chi connectivity index (χ4n) is 2.80. The van der Waals surface area contributed by atoms with Crippen molar-refractivity contribution in [1.82, 2.24) is 9.80 Å². The van der Waals surface area contributed by atoms with Gasteiger partial charge in [-0.15, -0.1) is 0 Å². The molecule has 5 heteroatoms. The Balaban J connectivity index is 2.46. The Bertz CT molecular complexity index is 281. The average molecular weight is 257 g/mol. The highest BCUT2D eigenvalue weighted by Gasteiger charge is 2.32. The molecule has 1 aliphatic rings. The van der Waals surface area contributed by atoms with Crippen LogP contribution in [0.1, 0.15) is 26.7 Å². The molecule has 1 aliphatic heterocycles. The van der Waals surface area contributed by atoms with Crippen molar-refractivity contribution in [2.75, 3.05) is 40.3 Å². The van der Waals surface area contributed by atoms with Crippen LogP contribution in [0.5, 0.6) is 0 Å². The van der Waals surface area contributed by atoms with E-state index in [0.717, 1.165) is 13.1 Å². The van der Waals surface area contributed by atoms with E-state index in [0.29, 0.717) is 12.6 Å². The molecule has 0 saturated carbocycles. The standard InChI is InChI=1S/C13H27N3O2/c1-5-16-8-6-7-11(16)9-15(3)10-13(2,14)12(17)18-4/h11H,5-10,14H2,1-4H3. The maximum atomic E-state index is 11.5. The quantitative estimate of drug-likeness (QED) is 0.693. The van der Waals surface area contributed by atoms with E-state index in [1.165, 1.54) is 26.5 Å². The molecule has 1 fully saturated rings. The number of ether oxygens (including phenoxy) is 1. The van der Waals surface area contributed by atoms with Crippen molar-refractivity contribution in [2.24, 2.45) is 5.73 Å². The summed E-state index contributed by atoms with van der Waals surface area (Å²) in [6, 6.07) is 0.591. The Kier molecular flexibility index (Phi) is 5.56. The molecule has 0 spiro atoms. The van der Waals surface area contributed by atoms with Crippen molar-refractivity contribution in [2.45, 2.75) is 38.3 Å². The van der Waals surface area contributed by atoms with Gasteiger partial charge in [-0.2, -0.15) is 0 Å². The van der Waals surface area contributed by atoms with Gasteiger partial charge in [-0.3, -0.25) is 9.69 Å². The van der Waals surface area contributed by atoms with E-state index < -0.39 is 5.54 Å². The van der Waals surface area contributed by atoms with Crippen LogP contribution >= 0.6 is 0 Å². The fourth-order valence-corrected chi connectivity index (χ4v) is 2.80. The third kappa shape index (κ3) is 3.93. The van der Waals surface area contributed by atoms with Gasteiger partial charge in [-0.05, 0) is 39.9 Å². The Morgan fingerprint density at radius 3 is 2.83 bits per heavy atom. The lowest BCUT2D eigenvalue weighted by Crippen LogP contribution is -2.55. The van der Waals surface area contributed by atoms with Gasteiger partial charge in [0.1, 0.15) is 5.54 Å². The van der Waals surface area contributed by atoms with Crippen LogP contribution in [0.4, 0.5) is 0 Å². The molecule has 2 atom stereocenters. The topological polar surface area (TPSA) is 58.8 Å². The van der Waals surface area contributed by atoms with Gasteiger partial charge in [0.15, 0.2) is 0 Å². The summed E-state index contributed by atoms with van der Waals surface area (Å²) in [7, 11) is 3.39. The third-order valence-corrected chi connectivity index (χ3v) is 3.68. The van der Waals surface area contributed by atoms with Gasteiger partial charge in [-0.1, -0.05) is 6.92 Å². The first-order valence-corrected chi connectivity index (χ1v) is 6.70. The Morgan fingerprint density at radius 1 is 1.61 bits per heavy atom. The Hall–Kier alpha value is -0.650. The monoisotopic (exact) mass is 257 g/mol. The normalized spacial score (nSPS) is 24.2. The molecule has 0 aliphatic carbocycles. The molecular weight excluding hydrogens is 230 g/mol. The minimum atomic E-state index is -0.931. The van der Waals surface area contributed by atoms with Gasteiger partial charge in [-0.25, -0.2) is 0 Å². The molecule has 0 aromatic carbocycles. The van der Waals surface area contributed by atoms with Crippen LogP contribution in [-0.4, -0.2) is 67.7 Å². The van der Waals surface area contributed by atoms with Crippen molar-refractivity contribution in [1.29, 1.82) is 0 Å². The van der Waals surface area contributed by atoms with Crippen LogP contribution in [0.25, 0.3) is 0 Å². The first kappa shape index (κ1) is 15.4. The molecule has 0 amide bonds. The van der Waals surface area contributed by atoms with Crippen LogP contribution in [0.15, 0.2) is 0 Å². The summed E-state index contributed by atoms with van der Waals surface area (Å²) in [6.07, 6.45) is 2.50. The van der Waals surface area contributed by atoms with Gasteiger partial charge in [0, 0.05) is 19.1 Å². The maximum absolute atomic E-state index is 11.5. The number of likely N-dealkylation sites (tertiary alicyclic amines) is 1. The van der Waals surface area contributed by atoms with Gasteiger partial charge >= 0.3 is 5.97 Å². The number of nitrogens with zero attached hydrogens (tertiary/aromatic N) is 2. The van der Waals surface area contributed by atoms with Gasteiger partial charge in [0.25, 0.3) is 0 Å². The van der Waals surface area contributed by atoms with E-state index in [1.54, 1.807) is 6.92 Å². The zero-order valence-corrected chi connectivity index (χ0v) is 12.1. The number of nitrogens with two attached hydrogens (primary N) is 1. The number of esters is 1. The lowest BCUT2D eigenvalue weighted by atomic mass is 10.0. The number of methoxy groups -OCH3 is 1. The van der Waals surface area contributed by atoms with Crippen LogP contribution in [0.2, 0.25) is 0 Å². The Labute approximate surface area is 110 Å². The van der Waals surface area contributed by atoms with Crippen LogP contribution in [0, 0.1) is 0 Å². The number of likely N-dealkylation sites (N-methyl/N-ethyl adjacent to an activating group) is 2. The molecule has 0 bridgehead atoms. The van der Waals surface area contributed by atoms with Crippen molar-refractivity contribution in [3.63, 3.8) is 0 Å². The molecule has 0 radical (unpaired) electrons. The summed E-state index contributed by atoms with van der Waals surface area (Å²) in [5.41, 5.74) is 5.05. The number of carbonyl (C=O) groups is 1. The molecule has 106 valence electrons. The van der Waals surface area contributed by atoms with Crippen molar-refractivity contribution in [3.8, 4) is 0 Å². The predicted molar refractivity (Wildman–Crippen MR) is 72.4 cm³/mol. The lowest BCUT2D eigenvalue weighted by molar-refractivity contribution is -0.147. The van der Waals surface area contributed by atoms with E-state index in [9.17, 15) is 4.79 Å². The molecule has 1 rings (SSSR count). The summed E-state index contributed by atoms with van der Waals surface area (Å²) in [4.78, 5) is 16.2. The SMILES string of the molecule is CCN1CCCC1CN(C)CC(C)(N)C(=O)OC. The number of hydrogen-bond acceptors (Lipinski definition) is 5. The van der Waals surface area contributed by atoms with E-state index in [1.807, 2.05) is 7.05 Å². The average Bonchev–Trinajstić information content (AvgIpc) is 2.74. The summed E-state index contributed by atoms with van der Waals surface area (Å²) >= 11 is 0. The molecule has 0 aromatic rings. The molecule has 1 heterocycles. The third-order valence-electron chi connectivity index (χ3n) is 3.68. The number of rotatable bonds is 6. The summed E-state index contributed by atoms with van der Waals surface area (Å²) in [5.74, 6) is -0.354. The van der Waals surface area contributed by atoms with Crippen LogP contribution < -0.4 is 5.73 Å². The molecule has 18 heavy (non-hydrogen) atoms. The largest absolute Gasteiger partial charge is 0.468 e. The Morgan fingerprint density at radius 2 is 2.28 bits per heavy atom. The van der Waals surface area contributed by atoms with E-state index in [4.69, 9.17) is 10.5 Å². The zero-order valence-electron chi connectivity index (χ0n) is 12.1. The molecule has 2 N–H and O–H groups in total. The van der Waals surface area contributed by atoms with Gasteiger partial charge in [0.05, 0.1) is 7.11 Å². The second kappa shape index (κ2) is 6.50. The summed E-state index contributed by atoms with van der Waals surface area (Å²) in [5, 5.41) is 0. The van der Waals surface area contributed by atoms with Crippen molar-refractivity contribution >= 4 is 5.97 Å². The first-order chi connectivity index (χ1) is 8.40. The minimum Gasteiger partial charge on any atom is -0.468 e. The zero-order chi connectivity index (χ0) is 13.8. The van der Waals surface area contributed by atoms with Gasteiger partial charge in [0.2, 0.25) is 0 Å². The summed E-state index contributed by atoms with van der Waals surface area (Å²) < 4.78 is 4.73. The molecule has 1 saturated heterocycles. The highest BCUT2D eigenvalue weighted by molar-refractivity contribution is 5.80. The summed E-state index contributed by atoms with van der Waals surface area (Å²) in [6.45, 7) is 7.67. The second-order valence-corrected chi connectivity index (χ2v) is 5.53. The smallest absolute Gasteiger partial charge is 0.326 e. The van der Waals surface area contributed by atoms with E-state index in [2.05, 4.69) is 16.7 Å². The second-order valence-electron chi connectivity index (χ2n) is 5.53. The molecule has 2 unspecified atom stereocenters. The van der Waals surface area contributed by atoms with Crippen molar-refractivity contribution < 1.29 is 9.53 Å². The highest BCUT2D eigenvalue weighted by atomic mass is 16.5. The van der Waals surface area contributed by atoms with E-state index >= 15 is 0 Å². The predicted octanol–water partition coefficient (Wildman–Crippen LogP) is 0.293. The maximum Gasteiger partial charge on any atom is 0.326 e. The van der Waals surface area contributed by atoms with Crippen molar-refractivity contribution in [3.05, 3.63) is 0 Å². The molecule has 5 nitrogen and oxygen atoms in total. The van der Waals surface area contributed by atoms with Gasteiger partial charge < -0.3 is 15.4 Å². The fraction of sp³-hybridized carbons (Fsp3) is 0.923. The first-order valence-electron chi connectivity index (χ1n) is 6.70. The number of hydrogen-bond donors (Lipinski definition) is 1. The number of carbonyl (C=O) groups excluding carboxylic acids is 1. The molecular formula is C13H27N3O2. The molecule has 0 aromatic heterocycles. The van der Waals surface area contributed by atoms with Crippen LogP contribution in [-0.2, 0) is 9.53 Å². The van der Waals surface area contributed by atoms with E-state index in [-0.39, 0.29) is 5.97 Å². The van der Waals surface area contributed by atoms with Crippen LogP contribution in [0.3, 0.4) is 0 Å². The minimum absolute atomic E-state index is 0.354.